The quantitative estimate of drug-likeness (QED) is 0.894. The Bertz CT molecular complexity index is 634. The summed E-state index contributed by atoms with van der Waals surface area (Å²) in [5.41, 5.74) is 1.66. The molecular formula is C14H13BrFN3O. The fourth-order valence-electron chi connectivity index (χ4n) is 1.69. The SMILES string of the molecule is CCNc1ccncc1C(=O)Nc1ccc(F)c(Br)c1. The molecule has 104 valence electrons. The zero-order valence-corrected chi connectivity index (χ0v) is 12.4. The normalized spacial score (nSPS) is 10.2. The molecule has 0 spiro atoms. The highest BCUT2D eigenvalue weighted by molar-refractivity contribution is 9.10. The molecule has 1 aromatic heterocycles. The Kier molecular flexibility index (Phi) is 4.68. The first-order chi connectivity index (χ1) is 9.61. The Balaban J connectivity index is 2.21. The van der Waals surface area contributed by atoms with Crippen molar-refractivity contribution in [2.24, 2.45) is 0 Å². The molecule has 1 amide bonds. The first-order valence-corrected chi connectivity index (χ1v) is 6.85. The average molecular weight is 338 g/mol. The molecule has 0 fully saturated rings. The lowest BCUT2D eigenvalue weighted by Crippen LogP contribution is -2.15. The minimum atomic E-state index is -0.377. The number of benzene rings is 1. The van der Waals surface area contributed by atoms with Gasteiger partial charge in [0.1, 0.15) is 5.82 Å². The number of hydrogen-bond donors (Lipinski definition) is 2. The molecule has 0 radical (unpaired) electrons. The first-order valence-electron chi connectivity index (χ1n) is 6.06. The highest BCUT2D eigenvalue weighted by Crippen LogP contribution is 2.21. The third kappa shape index (κ3) is 3.33. The van der Waals surface area contributed by atoms with Crippen molar-refractivity contribution in [2.45, 2.75) is 6.92 Å². The summed E-state index contributed by atoms with van der Waals surface area (Å²) in [5.74, 6) is -0.676. The molecule has 0 atom stereocenters. The largest absolute Gasteiger partial charge is 0.385 e. The van der Waals surface area contributed by atoms with Gasteiger partial charge in [-0.15, -0.1) is 0 Å². The summed E-state index contributed by atoms with van der Waals surface area (Å²) < 4.78 is 13.4. The maximum Gasteiger partial charge on any atom is 0.259 e. The molecule has 0 aliphatic heterocycles. The molecule has 0 bridgehead atoms. The minimum Gasteiger partial charge on any atom is -0.385 e. The molecule has 0 aliphatic carbocycles. The second kappa shape index (κ2) is 6.47. The van der Waals surface area contributed by atoms with E-state index < -0.39 is 0 Å². The zero-order valence-electron chi connectivity index (χ0n) is 10.8. The van der Waals surface area contributed by atoms with Gasteiger partial charge in [0.05, 0.1) is 15.7 Å². The minimum absolute atomic E-state index is 0.299. The van der Waals surface area contributed by atoms with E-state index in [1.807, 2.05) is 6.92 Å². The van der Waals surface area contributed by atoms with Gasteiger partial charge < -0.3 is 10.6 Å². The summed E-state index contributed by atoms with van der Waals surface area (Å²) in [6.45, 7) is 2.64. The van der Waals surface area contributed by atoms with Crippen LogP contribution in [-0.4, -0.2) is 17.4 Å². The van der Waals surface area contributed by atoms with E-state index in [0.717, 1.165) is 0 Å². The molecule has 4 nitrogen and oxygen atoms in total. The maximum absolute atomic E-state index is 13.1. The van der Waals surface area contributed by atoms with Gasteiger partial charge in [0.15, 0.2) is 0 Å². The maximum atomic E-state index is 13.1. The van der Waals surface area contributed by atoms with Crippen LogP contribution in [0, 0.1) is 5.82 Å². The molecule has 0 unspecified atom stereocenters. The van der Waals surface area contributed by atoms with Gasteiger partial charge in [0, 0.05) is 24.6 Å². The number of amides is 1. The Morgan fingerprint density at radius 3 is 2.90 bits per heavy atom. The van der Waals surface area contributed by atoms with Crippen LogP contribution in [0.15, 0.2) is 41.1 Å². The van der Waals surface area contributed by atoms with E-state index in [9.17, 15) is 9.18 Å². The summed E-state index contributed by atoms with van der Waals surface area (Å²) in [6, 6.07) is 6.03. The van der Waals surface area contributed by atoms with Crippen LogP contribution in [-0.2, 0) is 0 Å². The van der Waals surface area contributed by atoms with Crippen LogP contribution >= 0.6 is 15.9 Å². The predicted octanol–water partition coefficient (Wildman–Crippen LogP) is 3.67. The van der Waals surface area contributed by atoms with Crippen molar-refractivity contribution in [3.8, 4) is 0 Å². The number of hydrogen-bond acceptors (Lipinski definition) is 3. The third-order valence-corrected chi connectivity index (χ3v) is 3.22. The fraction of sp³-hybridized carbons (Fsp3) is 0.143. The van der Waals surface area contributed by atoms with E-state index in [-0.39, 0.29) is 11.7 Å². The van der Waals surface area contributed by atoms with Crippen LogP contribution in [0.5, 0.6) is 0 Å². The first kappa shape index (κ1) is 14.5. The molecule has 2 N–H and O–H groups in total. The summed E-state index contributed by atoms with van der Waals surface area (Å²) in [4.78, 5) is 16.2. The Labute approximate surface area is 124 Å². The van der Waals surface area contributed by atoms with Crippen LogP contribution in [0.4, 0.5) is 15.8 Å². The lowest BCUT2D eigenvalue weighted by atomic mass is 10.2. The topological polar surface area (TPSA) is 54.0 Å². The summed E-state index contributed by atoms with van der Waals surface area (Å²) in [5, 5.41) is 5.80. The number of aromatic nitrogens is 1. The van der Waals surface area contributed by atoms with E-state index in [4.69, 9.17) is 0 Å². The van der Waals surface area contributed by atoms with Crippen molar-refractivity contribution >= 4 is 33.2 Å². The second-order valence-electron chi connectivity index (χ2n) is 4.03. The van der Waals surface area contributed by atoms with E-state index in [0.29, 0.717) is 28.0 Å². The van der Waals surface area contributed by atoms with E-state index in [2.05, 4.69) is 31.5 Å². The van der Waals surface area contributed by atoms with Gasteiger partial charge in [-0.2, -0.15) is 0 Å². The molecule has 6 heteroatoms. The lowest BCUT2D eigenvalue weighted by Gasteiger charge is -2.10. The van der Waals surface area contributed by atoms with Gasteiger partial charge in [0.25, 0.3) is 5.91 Å². The Hall–Kier alpha value is -1.95. The number of carbonyl (C=O) groups excluding carboxylic acids is 1. The van der Waals surface area contributed by atoms with Gasteiger partial charge in [0.2, 0.25) is 0 Å². The van der Waals surface area contributed by atoms with Crippen molar-refractivity contribution < 1.29 is 9.18 Å². The van der Waals surface area contributed by atoms with Gasteiger partial charge in [-0.25, -0.2) is 4.39 Å². The highest BCUT2D eigenvalue weighted by Gasteiger charge is 2.12. The molecule has 0 saturated heterocycles. The van der Waals surface area contributed by atoms with Crippen LogP contribution in [0.1, 0.15) is 17.3 Å². The molecule has 0 saturated carbocycles. The number of pyridine rings is 1. The molecule has 2 rings (SSSR count). The number of carbonyl (C=O) groups is 1. The summed E-state index contributed by atoms with van der Waals surface area (Å²) in [7, 11) is 0. The van der Waals surface area contributed by atoms with Crippen molar-refractivity contribution in [2.75, 3.05) is 17.2 Å². The van der Waals surface area contributed by atoms with Gasteiger partial charge in [-0.05, 0) is 47.1 Å². The number of anilines is 2. The smallest absolute Gasteiger partial charge is 0.259 e. The number of nitrogens with one attached hydrogen (secondary N) is 2. The molecule has 0 aliphatic rings. The molecule has 1 heterocycles. The van der Waals surface area contributed by atoms with Crippen LogP contribution in [0.25, 0.3) is 0 Å². The summed E-state index contributed by atoms with van der Waals surface area (Å²) in [6.07, 6.45) is 3.11. The van der Waals surface area contributed by atoms with Gasteiger partial charge in [-0.3, -0.25) is 9.78 Å². The Morgan fingerprint density at radius 2 is 2.20 bits per heavy atom. The standard InChI is InChI=1S/C14H13BrFN3O/c1-2-18-13-5-6-17-8-10(13)14(20)19-9-3-4-12(16)11(15)7-9/h3-8H,2H2,1H3,(H,17,18)(H,19,20). The summed E-state index contributed by atoms with van der Waals surface area (Å²) >= 11 is 3.08. The van der Waals surface area contributed by atoms with Crippen LogP contribution in [0.3, 0.4) is 0 Å². The van der Waals surface area contributed by atoms with Crippen molar-refractivity contribution in [3.05, 3.63) is 52.5 Å². The predicted molar refractivity (Wildman–Crippen MR) is 80.5 cm³/mol. The van der Waals surface area contributed by atoms with E-state index >= 15 is 0 Å². The monoisotopic (exact) mass is 337 g/mol. The van der Waals surface area contributed by atoms with E-state index in [1.54, 1.807) is 12.3 Å². The number of rotatable bonds is 4. The van der Waals surface area contributed by atoms with Crippen LogP contribution < -0.4 is 10.6 Å². The molecule has 2 aromatic rings. The second-order valence-corrected chi connectivity index (χ2v) is 4.89. The fourth-order valence-corrected chi connectivity index (χ4v) is 2.07. The molecule has 1 aromatic carbocycles. The van der Waals surface area contributed by atoms with Gasteiger partial charge in [-0.1, -0.05) is 0 Å². The van der Waals surface area contributed by atoms with Gasteiger partial charge >= 0.3 is 0 Å². The van der Waals surface area contributed by atoms with Crippen molar-refractivity contribution in [3.63, 3.8) is 0 Å². The highest BCUT2D eigenvalue weighted by atomic mass is 79.9. The van der Waals surface area contributed by atoms with Crippen molar-refractivity contribution in [1.82, 2.24) is 4.98 Å². The third-order valence-electron chi connectivity index (χ3n) is 2.61. The number of halogens is 2. The lowest BCUT2D eigenvalue weighted by molar-refractivity contribution is 0.102. The van der Waals surface area contributed by atoms with Crippen molar-refractivity contribution in [1.29, 1.82) is 0 Å². The number of nitrogens with zero attached hydrogens (tertiary/aromatic N) is 1. The zero-order chi connectivity index (χ0) is 14.5. The van der Waals surface area contributed by atoms with Crippen LogP contribution in [0.2, 0.25) is 0 Å². The van der Waals surface area contributed by atoms with E-state index in [1.165, 1.54) is 24.4 Å². The molecular weight excluding hydrogens is 325 g/mol. The average Bonchev–Trinajstić information content (AvgIpc) is 2.44. The molecule has 20 heavy (non-hydrogen) atoms. The Morgan fingerprint density at radius 1 is 1.40 bits per heavy atom.